The van der Waals surface area contributed by atoms with E-state index in [0.29, 0.717) is 44.7 Å². The number of H-pyrrole nitrogens is 1. The summed E-state index contributed by atoms with van der Waals surface area (Å²) in [7, 11) is 1.90. The zero-order valence-corrected chi connectivity index (χ0v) is 18.7. The Kier molecular flexibility index (Phi) is 4.62. The van der Waals surface area contributed by atoms with E-state index in [-0.39, 0.29) is 12.0 Å². The topological polar surface area (TPSA) is 95.8 Å². The molecule has 2 bridgehead atoms. The predicted molar refractivity (Wildman–Crippen MR) is 125 cm³/mol. The van der Waals surface area contributed by atoms with Crippen molar-refractivity contribution in [2.24, 2.45) is 24.8 Å². The summed E-state index contributed by atoms with van der Waals surface area (Å²) >= 11 is 6.12. The number of anilines is 1. The van der Waals surface area contributed by atoms with Crippen molar-refractivity contribution in [1.29, 1.82) is 0 Å². The van der Waals surface area contributed by atoms with Gasteiger partial charge in [0.2, 0.25) is 0 Å². The van der Waals surface area contributed by atoms with Crippen LogP contribution in [0.25, 0.3) is 33.3 Å². The summed E-state index contributed by atoms with van der Waals surface area (Å²) in [5.41, 5.74) is 1.69. The Bertz CT molecular complexity index is 1410. The highest BCUT2D eigenvalue weighted by Gasteiger charge is 2.47. The van der Waals surface area contributed by atoms with Gasteiger partial charge in [-0.2, -0.15) is 0 Å². The van der Waals surface area contributed by atoms with E-state index in [1.807, 2.05) is 23.9 Å². The number of rotatable bonds is 4. The maximum atomic E-state index is 14.4. The highest BCUT2D eigenvalue weighted by Crippen LogP contribution is 2.46. The van der Waals surface area contributed by atoms with E-state index < -0.39 is 17.7 Å². The largest absolute Gasteiger partial charge is 0.481 e. The Morgan fingerprint density at radius 3 is 2.73 bits per heavy atom. The molecule has 0 aliphatic heterocycles. The van der Waals surface area contributed by atoms with E-state index >= 15 is 0 Å². The van der Waals surface area contributed by atoms with Crippen molar-refractivity contribution >= 4 is 45.3 Å². The van der Waals surface area contributed by atoms with Crippen LogP contribution in [0, 0.1) is 23.6 Å². The number of aliphatic carboxylic acids is 1. The molecule has 4 aromatic rings. The van der Waals surface area contributed by atoms with E-state index in [0.717, 1.165) is 31.1 Å². The molecule has 0 saturated heterocycles. The Morgan fingerprint density at radius 2 is 1.97 bits per heavy atom. The second kappa shape index (κ2) is 7.45. The molecule has 1 aromatic carbocycles. The number of aryl methyl sites for hydroxylation is 1. The van der Waals surface area contributed by atoms with E-state index in [4.69, 9.17) is 21.6 Å². The molecule has 3 aliphatic carbocycles. The first-order valence-corrected chi connectivity index (χ1v) is 11.6. The quantitative estimate of drug-likeness (QED) is 0.383. The molecule has 0 unspecified atom stereocenters. The normalized spacial score (nSPS) is 24.6. The molecule has 170 valence electrons. The number of benzene rings is 1. The molecular weight excluding hydrogens is 445 g/mol. The van der Waals surface area contributed by atoms with Gasteiger partial charge in [0.05, 0.1) is 16.8 Å². The Hall–Kier alpha value is -3.13. The van der Waals surface area contributed by atoms with Crippen molar-refractivity contribution in [3.63, 3.8) is 0 Å². The molecule has 33 heavy (non-hydrogen) atoms. The summed E-state index contributed by atoms with van der Waals surface area (Å²) < 4.78 is 16.3. The zero-order valence-electron chi connectivity index (χ0n) is 18.0. The minimum Gasteiger partial charge on any atom is -0.481 e. The Labute approximate surface area is 194 Å². The van der Waals surface area contributed by atoms with Crippen molar-refractivity contribution < 1.29 is 14.3 Å². The maximum absolute atomic E-state index is 14.4. The number of carboxylic acids is 1. The van der Waals surface area contributed by atoms with Gasteiger partial charge in [-0.1, -0.05) is 11.6 Å². The third-order valence-corrected chi connectivity index (χ3v) is 7.70. The first-order valence-electron chi connectivity index (χ1n) is 11.2. The molecule has 0 radical (unpaired) electrons. The second-order valence-electron chi connectivity index (χ2n) is 9.28. The van der Waals surface area contributed by atoms with Crippen LogP contribution in [-0.2, 0) is 11.8 Å². The summed E-state index contributed by atoms with van der Waals surface area (Å²) in [6, 6.07) is 4.71. The molecule has 7 rings (SSSR count). The number of halogens is 2. The average molecular weight is 468 g/mol. The molecule has 3 aliphatic rings. The van der Waals surface area contributed by atoms with Crippen LogP contribution < -0.4 is 5.32 Å². The van der Waals surface area contributed by atoms with Crippen molar-refractivity contribution in [3.8, 4) is 11.4 Å². The molecular formula is C24H23ClFN5O2. The van der Waals surface area contributed by atoms with E-state index in [1.54, 1.807) is 12.3 Å². The molecule has 0 spiro atoms. The number of carboxylic acid groups (broad SMARTS) is 1. The average Bonchev–Trinajstić information content (AvgIpc) is 3.38. The fraction of sp³-hybridized carbons (Fsp3) is 0.375. The van der Waals surface area contributed by atoms with Crippen molar-refractivity contribution in [2.45, 2.75) is 31.7 Å². The maximum Gasteiger partial charge on any atom is 0.308 e. The lowest BCUT2D eigenvalue weighted by Gasteiger charge is -2.47. The highest BCUT2D eigenvalue weighted by atomic mass is 35.5. The van der Waals surface area contributed by atoms with Crippen LogP contribution in [0.1, 0.15) is 25.7 Å². The molecule has 2 atom stereocenters. The van der Waals surface area contributed by atoms with Crippen LogP contribution >= 0.6 is 11.6 Å². The van der Waals surface area contributed by atoms with Gasteiger partial charge in [0.15, 0.2) is 5.82 Å². The number of nitrogens with zero attached hydrogens (tertiary/aromatic N) is 3. The first kappa shape index (κ1) is 20.5. The minimum absolute atomic E-state index is 0.184. The van der Waals surface area contributed by atoms with Crippen molar-refractivity contribution in [1.82, 2.24) is 19.5 Å². The number of hydrogen-bond acceptors (Lipinski definition) is 4. The molecule has 9 heteroatoms. The van der Waals surface area contributed by atoms with Crippen molar-refractivity contribution in [3.05, 3.63) is 41.4 Å². The summed E-state index contributed by atoms with van der Waals surface area (Å²) in [5, 5.41) is 15.2. The first-order chi connectivity index (χ1) is 15.9. The van der Waals surface area contributed by atoms with Gasteiger partial charge in [-0.05, 0) is 55.7 Å². The molecule has 3 aromatic heterocycles. The van der Waals surface area contributed by atoms with E-state index in [1.165, 1.54) is 6.07 Å². The standard InChI is InChI=1S/C24H23ClFN5O2/c1-31-7-6-14-21(28-19-12-4-2-11(3-5-12)18(19)24(32)33)29-22(30-23(14)31)16-10-27-20-15(16)8-13(25)9-17(20)26/h6-12,18-19,27H,2-5H2,1H3,(H,32,33)(H,28,29,30)/t11?,12?,18-,19-/m1/s1. The number of carbonyl (C=O) groups is 1. The lowest BCUT2D eigenvalue weighted by molar-refractivity contribution is -0.148. The molecule has 3 saturated carbocycles. The summed E-state index contributed by atoms with van der Waals surface area (Å²) in [6.45, 7) is 0. The van der Waals surface area contributed by atoms with Crippen LogP contribution in [0.15, 0.2) is 30.6 Å². The van der Waals surface area contributed by atoms with Gasteiger partial charge < -0.3 is 20.0 Å². The molecule has 3 heterocycles. The Morgan fingerprint density at radius 1 is 1.21 bits per heavy atom. The van der Waals surface area contributed by atoms with Gasteiger partial charge in [0.1, 0.15) is 17.3 Å². The number of aromatic amines is 1. The third-order valence-electron chi connectivity index (χ3n) is 7.48. The molecule has 3 fully saturated rings. The van der Waals surface area contributed by atoms with Crippen molar-refractivity contribution in [2.75, 3.05) is 5.32 Å². The molecule has 3 N–H and O–H groups in total. The van der Waals surface area contributed by atoms with Gasteiger partial charge >= 0.3 is 5.97 Å². The van der Waals surface area contributed by atoms with Gasteiger partial charge in [-0.3, -0.25) is 4.79 Å². The minimum atomic E-state index is -0.748. The summed E-state index contributed by atoms with van der Waals surface area (Å²) in [4.78, 5) is 24.7. The molecule has 7 nitrogen and oxygen atoms in total. The van der Waals surface area contributed by atoms with E-state index in [2.05, 4.69) is 10.3 Å². The molecule has 0 amide bonds. The monoisotopic (exact) mass is 467 g/mol. The number of fused-ring (bicyclic) bond motifs is 5. The smallest absolute Gasteiger partial charge is 0.308 e. The van der Waals surface area contributed by atoms with Crippen LogP contribution in [-0.4, -0.2) is 36.6 Å². The van der Waals surface area contributed by atoms with Gasteiger partial charge in [-0.15, -0.1) is 0 Å². The third kappa shape index (κ3) is 3.19. The number of nitrogens with one attached hydrogen (secondary N) is 2. The lowest BCUT2D eigenvalue weighted by Crippen LogP contribution is -2.51. The summed E-state index contributed by atoms with van der Waals surface area (Å²) in [6.07, 6.45) is 7.58. The van der Waals surface area contributed by atoms with Crippen LogP contribution in [0.4, 0.5) is 10.2 Å². The van der Waals surface area contributed by atoms with Crippen LogP contribution in [0.5, 0.6) is 0 Å². The fourth-order valence-electron chi connectivity index (χ4n) is 5.88. The van der Waals surface area contributed by atoms with Gasteiger partial charge in [-0.25, -0.2) is 14.4 Å². The van der Waals surface area contributed by atoms with Gasteiger partial charge in [0.25, 0.3) is 0 Å². The number of hydrogen-bond donors (Lipinski definition) is 3. The summed E-state index contributed by atoms with van der Waals surface area (Å²) in [5.74, 6) is -0.100. The van der Waals surface area contributed by atoms with Gasteiger partial charge in [0, 0.05) is 41.5 Å². The zero-order chi connectivity index (χ0) is 22.9. The lowest BCUT2D eigenvalue weighted by atomic mass is 9.61. The van der Waals surface area contributed by atoms with Crippen LogP contribution in [0.2, 0.25) is 5.02 Å². The fourth-order valence-corrected chi connectivity index (χ4v) is 6.08. The SMILES string of the molecule is Cn1ccc2c(N[C@@H]3C4CCC(CC4)[C@H]3C(=O)O)nc(-c3c[nH]c4c(F)cc(Cl)cc34)nc21. The Balaban J connectivity index is 1.49. The van der Waals surface area contributed by atoms with E-state index in [9.17, 15) is 14.3 Å². The predicted octanol–water partition coefficient (Wildman–Crippen LogP) is 5.21. The highest BCUT2D eigenvalue weighted by molar-refractivity contribution is 6.31. The number of aromatic nitrogens is 4. The van der Waals surface area contributed by atoms with Crippen LogP contribution in [0.3, 0.4) is 0 Å². The second-order valence-corrected chi connectivity index (χ2v) is 9.72.